The van der Waals surface area contributed by atoms with Crippen LogP contribution in [0.2, 0.25) is 0 Å². The molecule has 0 bridgehead atoms. The Morgan fingerprint density at radius 2 is 1.81 bits per heavy atom. The molecule has 0 atom stereocenters. The second kappa shape index (κ2) is 7.21. The van der Waals surface area contributed by atoms with Crippen molar-refractivity contribution in [2.45, 2.75) is 40.5 Å². The molecule has 0 saturated carbocycles. The lowest BCUT2D eigenvalue weighted by atomic mass is 10.0. The van der Waals surface area contributed by atoms with Crippen LogP contribution < -0.4 is 5.32 Å². The number of hydrogen-bond acceptors (Lipinski definition) is 3. The van der Waals surface area contributed by atoms with E-state index < -0.39 is 0 Å². The summed E-state index contributed by atoms with van der Waals surface area (Å²) in [6.45, 7) is 9.57. The Balaban J connectivity index is 2.22. The van der Waals surface area contributed by atoms with E-state index in [1.165, 1.54) is 5.56 Å². The topological polar surface area (TPSA) is 37.8 Å². The maximum Gasteiger partial charge on any atom is 0.161 e. The molecule has 0 saturated heterocycles. The average molecular weight is 283 g/mol. The van der Waals surface area contributed by atoms with E-state index in [4.69, 9.17) is 0 Å². The van der Waals surface area contributed by atoms with Crippen molar-refractivity contribution >= 4 is 5.82 Å². The van der Waals surface area contributed by atoms with Crippen molar-refractivity contribution in [2.24, 2.45) is 5.92 Å². The summed E-state index contributed by atoms with van der Waals surface area (Å²) in [5.41, 5.74) is 3.43. The van der Waals surface area contributed by atoms with Crippen LogP contribution >= 0.6 is 0 Å². The van der Waals surface area contributed by atoms with Gasteiger partial charge in [-0.2, -0.15) is 0 Å². The number of aryl methyl sites for hydroxylation is 1. The zero-order valence-corrected chi connectivity index (χ0v) is 13.5. The lowest BCUT2D eigenvalue weighted by Gasteiger charge is -2.09. The fraction of sp³-hybridized carbons (Fsp3) is 0.444. The van der Waals surface area contributed by atoms with Crippen molar-refractivity contribution < 1.29 is 0 Å². The monoisotopic (exact) mass is 283 g/mol. The van der Waals surface area contributed by atoms with Gasteiger partial charge in [-0.05, 0) is 31.2 Å². The van der Waals surface area contributed by atoms with Crippen molar-refractivity contribution in [3.05, 3.63) is 41.6 Å². The van der Waals surface area contributed by atoms with Crippen LogP contribution in [0, 0.1) is 12.8 Å². The van der Waals surface area contributed by atoms with Crippen LogP contribution in [0.5, 0.6) is 0 Å². The Kier molecular flexibility index (Phi) is 5.32. The molecule has 0 amide bonds. The first-order valence-corrected chi connectivity index (χ1v) is 7.77. The molecule has 1 N–H and O–H groups in total. The first kappa shape index (κ1) is 15.5. The number of nitrogens with one attached hydrogen (secondary N) is 1. The highest BCUT2D eigenvalue weighted by atomic mass is 15.0. The van der Waals surface area contributed by atoms with Gasteiger partial charge < -0.3 is 5.32 Å². The Morgan fingerprint density at radius 3 is 2.43 bits per heavy atom. The number of rotatable bonds is 6. The maximum absolute atomic E-state index is 4.61. The van der Waals surface area contributed by atoms with E-state index in [2.05, 4.69) is 60.3 Å². The minimum Gasteiger partial charge on any atom is -0.370 e. The predicted octanol–water partition coefficient (Wildman–Crippen LogP) is 4.47. The van der Waals surface area contributed by atoms with Gasteiger partial charge in [-0.15, -0.1) is 0 Å². The van der Waals surface area contributed by atoms with Crippen molar-refractivity contribution in [1.82, 2.24) is 9.97 Å². The molecule has 0 fully saturated rings. The highest BCUT2D eigenvalue weighted by Crippen LogP contribution is 2.19. The van der Waals surface area contributed by atoms with E-state index in [0.29, 0.717) is 5.92 Å². The Hall–Kier alpha value is -1.90. The summed E-state index contributed by atoms with van der Waals surface area (Å²) in [4.78, 5) is 9.16. The SMILES string of the molecule is CCCNc1cc(C)nc(-c2ccc(CC(C)C)cc2)n1. The first-order chi connectivity index (χ1) is 10.1. The molecule has 0 spiro atoms. The van der Waals surface area contributed by atoms with Gasteiger partial charge in [0.05, 0.1) is 0 Å². The summed E-state index contributed by atoms with van der Waals surface area (Å²) in [6, 6.07) is 10.6. The summed E-state index contributed by atoms with van der Waals surface area (Å²) in [6.07, 6.45) is 2.19. The minimum absolute atomic E-state index is 0.677. The lowest BCUT2D eigenvalue weighted by Crippen LogP contribution is -2.04. The van der Waals surface area contributed by atoms with Gasteiger partial charge in [-0.1, -0.05) is 45.0 Å². The predicted molar refractivity (Wildman–Crippen MR) is 89.5 cm³/mol. The molecular weight excluding hydrogens is 258 g/mol. The van der Waals surface area contributed by atoms with Crippen LogP contribution in [-0.4, -0.2) is 16.5 Å². The second-order valence-electron chi connectivity index (χ2n) is 5.94. The summed E-state index contributed by atoms with van der Waals surface area (Å²) in [7, 11) is 0. The molecule has 3 nitrogen and oxygen atoms in total. The molecule has 0 aliphatic carbocycles. The van der Waals surface area contributed by atoms with Gasteiger partial charge in [-0.3, -0.25) is 0 Å². The number of aromatic nitrogens is 2. The Bertz CT molecular complexity index is 574. The minimum atomic E-state index is 0.677. The van der Waals surface area contributed by atoms with Gasteiger partial charge in [0.1, 0.15) is 5.82 Å². The Morgan fingerprint density at radius 1 is 1.10 bits per heavy atom. The zero-order valence-electron chi connectivity index (χ0n) is 13.5. The van der Waals surface area contributed by atoms with Gasteiger partial charge >= 0.3 is 0 Å². The quantitative estimate of drug-likeness (QED) is 0.849. The van der Waals surface area contributed by atoms with E-state index in [9.17, 15) is 0 Å². The van der Waals surface area contributed by atoms with E-state index >= 15 is 0 Å². The molecule has 1 aromatic carbocycles. The largest absolute Gasteiger partial charge is 0.370 e. The molecule has 1 aromatic heterocycles. The fourth-order valence-electron chi connectivity index (χ4n) is 2.30. The van der Waals surface area contributed by atoms with Crippen LogP contribution in [0.15, 0.2) is 30.3 Å². The summed E-state index contributed by atoms with van der Waals surface area (Å²) in [5, 5.41) is 3.33. The van der Waals surface area contributed by atoms with Crippen LogP contribution in [0.4, 0.5) is 5.82 Å². The number of anilines is 1. The molecule has 0 radical (unpaired) electrons. The second-order valence-corrected chi connectivity index (χ2v) is 5.94. The van der Waals surface area contributed by atoms with Gasteiger partial charge in [0.15, 0.2) is 5.82 Å². The van der Waals surface area contributed by atoms with Crippen molar-refractivity contribution in [1.29, 1.82) is 0 Å². The van der Waals surface area contributed by atoms with Crippen molar-refractivity contribution in [3.63, 3.8) is 0 Å². The van der Waals surface area contributed by atoms with Gasteiger partial charge in [0.2, 0.25) is 0 Å². The van der Waals surface area contributed by atoms with Gasteiger partial charge in [-0.25, -0.2) is 9.97 Å². The highest BCUT2D eigenvalue weighted by molar-refractivity contribution is 5.58. The summed E-state index contributed by atoms with van der Waals surface area (Å²) in [5.74, 6) is 2.38. The van der Waals surface area contributed by atoms with Crippen molar-refractivity contribution in [3.8, 4) is 11.4 Å². The standard InChI is InChI=1S/C18H25N3/c1-5-10-19-17-12-14(4)20-18(21-17)16-8-6-15(7-9-16)11-13(2)3/h6-9,12-13H,5,10-11H2,1-4H3,(H,19,20,21). The van der Waals surface area contributed by atoms with Gasteiger partial charge in [0.25, 0.3) is 0 Å². The highest BCUT2D eigenvalue weighted by Gasteiger charge is 2.05. The number of nitrogens with zero attached hydrogens (tertiary/aromatic N) is 2. The van der Waals surface area contributed by atoms with Gasteiger partial charge in [0, 0.05) is 23.9 Å². The van der Waals surface area contributed by atoms with E-state index in [0.717, 1.165) is 42.3 Å². The third kappa shape index (κ3) is 4.55. The van der Waals surface area contributed by atoms with E-state index in [1.54, 1.807) is 0 Å². The molecule has 3 heteroatoms. The third-order valence-electron chi connectivity index (χ3n) is 3.27. The number of benzene rings is 1. The molecule has 0 aliphatic rings. The molecule has 112 valence electrons. The molecule has 21 heavy (non-hydrogen) atoms. The van der Waals surface area contributed by atoms with Crippen LogP contribution in [-0.2, 0) is 6.42 Å². The van der Waals surface area contributed by atoms with E-state index in [-0.39, 0.29) is 0 Å². The maximum atomic E-state index is 4.61. The summed E-state index contributed by atoms with van der Waals surface area (Å²) < 4.78 is 0. The smallest absolute Gasteiger partial charge is 0.161 e. The molecule has 0 aliphatic heterocycles. The van der Waals surface area contributed by atoms with Crippen LogP contribution in [0.25, 0.3) is 11.4 Å². The third-order valence-corrected chi connectivity index (χ3v) is 3.27. The first-order valence-electron chi connectivity index (χ1n) is 7.77. The fourth-order valence-corrected chi connectivity index (χ4v) is 2.30. The average Bonchev–Trinajstić information content (AvgIpc) is 2.44. The zero-order chi connectivity index (χ0) is 15.2. The summed E-state index contributed by atoms with van der Waals surface area (Å²) >= 11 is 0. The van der Waals surface area contributed by atoms with E-state index in [1.807, 2.05) is 13.0 Å². The molecule has 1 heterocycles. The lowest BCUT2D eigenvalue weighted by molar-refractivity contribution is 0.647. The number of hydrogen-bond donors (Lipinski definition) is 1. The molecule has 2 aromatic rings. The van der Waals surface area contributed by atoms with Crippen LogP contribution in [0.1, 0.15) is 38.4 Å². The molecular formula is C18H25N3. The molecule has 0 unspecified atom stereocenters. The Labute approximate surface area is 127 Å². The molecule has 2 rings (SSSR count). The normalized spacial score (nSPS) is 10.9. The van der Waals surface area contributed by atoms with Crippen LogP contribution in [0.3, 0.4) is 0 Å². The van der Waals surface area contributed by atoms with Crippen molar-refractivity contribution in [2.75, 3.05) is 11.9 Å².